The molecule has 2 N–H and O–H groups in total. The Labute approximate surface area is 123 Å². The van der Waals surface area contributed by atoms with Crippen LogP contribution in [0.1, 0.15) is 45.4 Å². The number of alkyl halides is 3. The third-order valence-corrected chi connectivity index (χ3v) is 3.89. The van der Waals surface area contributed by atoms with Crippen molar-refractivity contribution in [3.05, 3.63) is 0 Å². The van der Waals surface area contributed by atoms with Crippen LogP contribution in [0.3, 0.4) is 0 Å². The van der Waals surface area contributed by atoms with E-state index in [2.05, 4.69) is 0 Å². The van der Waals surface area contributed by atoms with Crippen molar-refractivity contribution < 1.29 is 27.4 Å². The van der Waals surface area contributed by atoms with Crippen LogP contribution in [0.15, 0.2) is 0 Å². The first-order chi connectivity index (χ1) is 9.79. The van der Waals surface area contributed by atoms with Crippen molar-refractivity contribution in [3.63, 3.8) is 0 Å². The quantitative estimate of drug-likeness (QED) is 0.553. The topological polar surface area (TPSA) is 61.5 Å². The Kier molecular flexibility index (Phi) is 6.93. The van der Waals surface area contributed by atoms with Gasteiger partial charge in [0.15, 0.2) is 0 Å². The molecule has 7 heteroatoms. The van der Waals surface area contributed by atoms with Gasteiger partial charge in [0.05, 0.1) is 6.61 Å². The van der Waals surface area contributed by atoms with Gasteiger partial charge in [0.2, 0.25) is 0 Å². The largest absolute Gasteiger partial charge is 0.465 e. The lowest BCUT2D eigenvalue weighted by Gasteiger charge is -2.28. The van der Waals surface area contributed by atoms with Crippen LogP contribution in [0.25, 0.3) is 0 Å². The molecule has 0 bridgehead atoms. The number of hydrogen-bond donors (Lipinski definition) is 1. The number of esters is 1. The Hall–Kier alpha value is -0.820. The Morgan fingerprint density at radius 1 is 1.38 bits per heavy atom. The monoisotopic (exact) mass is 311 g/mol. The molecule has 1 fully saturated rings. The SMILES string of the molecule is CCOC(=O)C1(N)CCCC1CCOCCCC(F)(F)F. The summed E-state index contributed by atoms with van der Waals surface area (Å²) in [6.45, 7) is 2.41. The van der Waals surface area contributed by atoms with E-state index >= 15 is 0 Å². The highest BCUT2D eigenvalue weighted by atomic mass is 19.4. The molecule has 0 amide bonds. The minimum atomic E-state index is -4.13. The molecule has 21 heavy (non-hydrogen) atoms. The summed E-state index contributed by atoms with van der Waals surface area (Å²) in [7, 11) is 0. The lowest BCUT2D eigenvalue weighted by molar-refractivity contribution is -0.151. The van der Waals surface area contributed by atoms with Gasteiger partial charge in [-0.15, -0.1) is 0 Å². The van der Waals surface area contributed by atoms with Gasteiger partial charge in [0, 0.05) is 19.6 Å². The van der Waals surface area contributed by atoms with E-state index in [-0.39, 0.29) is 24.9 Å². The molecule has 2 atom stereocenters. The van der Waals surface area contributed by atoms with Gasteiger partial charge >= 0.3 is 12.1 Å². The molecule has 1 aliphatic carbocycles. The zero-order chi connectivity index (χ0) is 15.9. The van der Waals surface area contributed by atoms with Gasteiger partial charge in [0.25, 0.3) is 0 Å². The first kappa shape index (κ1) is 18.2. The summed E-state index contributed by atoms with van der Waals surface area (Å²) >= 11 is 0. The van der Waals surface area contributed by atoms with Crippen molar-refractivity contribution in [1.29, 1.82) is 0 Å². The molecule has 0 aliphatic heterocycles. The van der Waals surface area contributed by atoms with E-state index in [0.29, 0.717) is 26.1 Å². The second kappa shape index (κ2) is 7.98. The number of nitrogens with two attached hydrogens (primary N) is 1. The van der Waals surface area contributed by atoms with Crippen molar-refractivity contribution in [2.24, 2.45) is 11.7 Å². The highest BCUT2D eigenvalue weighted by molar-refractivity contribution is 5.81. The minimum absolute atomic E-state index is 0.0285. The second-order valence-electron chi connectivity index (χ2n) is 5.47. The first-order valence-corrected chi connectivity index (χ1v) is 7.40. The standard InChI is InChI=1S/C14H24F3NO3/c1-2-21-12(19)13(18)7-3-5-11(13)6-10-20-9-4-8-14(15,16)17/h11H,2-10,18H2,1H3. The Balaban J connectivity index is 2.26. The highest BCUT2D eigenvalue weighted by Gasteiger charge is 2.46. The Morgan fingerprint density at radius 2 is 2.10 bits per heavy atom. The van der Waals surface area contributed by atoms with E-state index in [1.807, 2.05) is 0 Å². The molecule has 1 saturated carbocycles. The molecule has 2 unspecified atom stereocenters. The minimum Gasteiger partial charge on any atom is -0.465 e. The predicted octanol–water partition coefficient (Wildman–Crippen LogP) is 2.80. The van der Waals surface area contributed by atoms with E-state index in [4.69, 9.17) is 15.2 Å². The number of ether oxygens (including phenoxy) is 2. The molecule has 0 heterocycles. The van der Waals surface area contributed by atoms with Crippen molar-refractivity contribution in [2.75, 3.05) is 19.8 Å². The summed E-state index contributed by atoms with van der Waals surface area (Å²) in [6.07, 6.45) is -2.17. The maximum atomic E-state index is 12.0. The van der Waals surface area contributed by atoms with Crippen LogP contribution in [0.2, 0.25) is 0 Å². The lowest BCUT2D eigenvalue weighted by Crippen LogP contribution is -2.52. The van der Waals surface area contributed by atoms with Gasteiger partial charge < -0.3 is 15.2 Å². The highest BCUT2D eigenvalue weighted by Crippen LogP contribution is 2.37. The van der Waals surface area contributed by atoms with Crippen LogP contribution in [0.5, 0.6) is 0 Å². The fraction of sp³-hybridized carbons (Fsp3) is 0.929. The lowest BCUT2D eigenvalue weighted by atomic mass is 9.86. The van der Waals surface area contributed by atoms with Gasteiger partial charge in [-0.2, -0.15) is 13.2 Å². The van der Waals surface area contributed by atoms with Crippen molar-refractivity contribution >= 4 is 5.97 Å². The molecule has 0 aromatic carbocycles. The molecule has 0 aromatic heterocycles. The summed E-state index contributed by atoms with van der Waals surface area (Å²) < 4.78 is 46.1. The molecule has 1 aliphatic rings. The molecule has 1 rings (SSSR count). The normalized spacial score (nSPS) is 26.0. The maximum absolute atomic E-state index is 12.0. The fourth-order valence-corrected chi connectivity index (χ4v) is 2.74. The third-order valence-electron chi connectivity index (χ3n) is 3.89. The van der Waals surface area contributed by atoms with Crippen LogP contribution in [0, 0.1) is 5.92 Å². The van der Waals surface area contributed by atoms with E-state index < -0.39 is 18.1 Å². The molecule has 0 saturated heterocycles. The first-order valence-electron chi connectivity index (χ1n) is 7.40. The molecule has 4 nitrogen and oxygen atoms in total. The Bertz CT molecular complexity index is 336. The van der Waals surface area contributed by atoms with Crippen LogP contribution in [-0.2, 0) is 14.3 Å². The summed E-state index contributed by atoms with van der Waals surface area (Å²) in [4.78, 5) is 11.9. The summed E-state index contributed by atoms with van der Waals surface area (Å²) in [5.41, 5.74) is 5.19. The number of carbonyl (C=O) groups excluding carboxylic acids is 1. The van der Waals surface area contributed by atoms with Gasteiger partial charge in [0.1, 0.15) is 5.54 Å². The number of carbonyl (C=O) groups is 1. The smallest absolute Gasteiger partial charge is 0.389 e. The summed E-state index contributed by atoms with van der Waals surface area (Å²) in [5.74, 6) is -0.413. The number of halogens is 3. The average molecular weight is 311 g/mol. The third kappa shape index (κ3) is 5.82. The Morgan fingerprint density at radius 3 is 2.71 bits per heavy atom. The number of hydrogen-bond acceptors (Lipinski definition) is 4. The second-order valence-corrected chi connectivity index (χ2v) is 5.47. The fourth-order valence-electron chi connectivity index (χ4n) is 2.74. The van der Waals surface area contributed by atoms with Gasteiger partial charge in [-0.1, -0.05) is 6.42 Å². The van der Waals surface area contributed by atoms with E-state index in [0.717, 1.165) is 12.8 Å². The molecule has 0 aromatic rings. The van der Waals surface area contributed by atoms with Gasteiger partial charge in [-0.25, -0.2) is 0 Å². The molecule has 0 radical (unpaired) electrons. The van der Waals surface area contributed by atoms with Crippen LogP contribution in [0.4, 0.5) is 13.2 Å². The molecule has 124 valence electrons. The molecular formula is C14H24F3NO3. The van der Waals surface area contributed by atoms with Crippen LogP contribution >= 0.6 is 0 Å². The van der Waals surface area contributed by atoms with Crippen molar-refractivity contribution in [3.8, 4) is 0 Å². The maximum Gasteiger partial charge on any atom is 0.389 e. The molecule has 0 spiro atoms. The van der Waals surface area contributed by atoms with E-state index in [1.165, 1.54) is 0 Å². The zero-order valence-corrected chi connectivity index (χ0v) is 12.4. The summed E-state index contributed by atoms with van der Waals surface area (Å²) in [5, 5.41) is 0. The van der Waals surface area contributed by atoms with Crippen molar-refractivity contribution in [1.82, 2.24) is 0 Å². The zero-order valence-electron chi connectivity index (χ0n) is 12.4. The van der Waals surface area contributed by atoms with Crippen molar-refractivity contribution in [2.45, 2.75) is 57.2 Å². The molecular weight excluding hydrogens is 287 g/mol. The van der Waals surface area contributed by atoms with E-state index in [9.17, 15) is 18.0 Å². The average Bonchev–Trinajstić information content (AvgIpc) is 2.75. The van der Waals surface area contributed by atoms with Gasteiger partial charge in [-0.05, 0) is 38.5 Å². The van der Waals surface area contributed by atoms with Crippen LogP contribution in [-0.4, -0.2) is 37.5 Å². The summed E-state index contributed by atoms with van der Waals surface area (Å²) in [6, 6.07) is 0. The van der Waals surface area contributed by atoms with Crippen LogP contribution < -0.4 is 5.73 Å². The predicted molar refractivity (Wildman–Crippen MR) is 71.6 cm³/mol. The van der Waals surface area contributed by atoms with E-state index in [1.54, 1.807) is 6.92 Å². The van der Waals surface area contributed by atoms with Gasteiger partial charge in [-0.3, -0.25) is 4.79 Å². The number of rotatable bonds is 8.